The van der Waals surface area contributed by atoms with Gasteiger partial charge in [-0.3, -0.25) is 9.54 Å². The maximum Gasteiger partial charge on any atom is 0.294 e. The molecule has 1 aromatic heterocycles. The second kappa shape index (κ2) is 7.41. The highest BCUT2D eigenvalue weighted by Gasteiger charge is 2.22. The van der Waals surface area contributed by atoms with Gasteiger partial charge in [0.25, 0.3) is 10.1 Å². The molecule has 0 aliphatic rings. The molecule has 0 aliphatic carbocycles. The van der Waals surface area contributed by atoms with E-state index in [-0.39, 0.29) is 27.7 Å². The molecule has 1 heterocycles. The summed E-state index contributed by atoms with van der Waals surface area (Å²) in [5.41, 5.74) is -0.159. The number of nitriles is 1. The first-order valence-electron chi connectivity index (χ1n) is 8.59. The Hall–Kier alpha value is -2.63. The fourth-order valence-electron chi connectivity index (χ4n) is 2.36. The van der Waals surface area contributed by atoms with Crippen molar-refractivity contribution in [1.29, 1.82) is 5.26 Å². The summed E-state index contributed by atoms with van der Waals surface area (Å²) in [7, 11) is -4.43. The van der Waals surface area contributed by atoms with Crippen LogP contribution in [0.5, 0.6) is 17.2 Å². The Balaban J connectivity index is 2.57. The molecule has 1 N–H and O–H groups in total. The van der Waals surface area contributed by atoms with E-state index in [1.807, 2.05) is 47.6 Å². The van der Waals surface area contributed by atoms with Crippen LogP contribution in [-0.2, 0) is 15.5 Å². The van der Waals surface area contributed by atoms with E-state index in [2.05, 4.69) is 4.98 Å². The zero-order valence-electron chi connectivity index (χ0n) is 16.8. The SMILES string of the molecule is CC(C)(C)Oc1cncc(Oc2cc(C(C)(C)C)cc(S(=O)(=O)O)c2)c1C#N. The van der Waals surface area contributed by atoms with Crippen molar-refractivity contribution in [3.8, 4) is 23.3 Å². The summed E-state index contributed by atoms with van der Waals surface area (Å²) < 4.78 is 44.3. The van der Waals surface area contributed by atoms with Gasteiger partial charge in [0.15, 0.2) is 11.5 Å². The lowest BCUT2D eigenvalue weighted by atomic mass is 9.87. The van der Waals surface area contributed by atoms with Gasteiger partial charge in [0.2, 0.25) is 0 Å². The van der Waals surface area contributed by atoms with Crippen molar-refractivity contribution in [2.45, 2.75) is 57.5 Å². The number of pyridine rings is 1. The van der Waals surface area contributed by atoms with E-state index in [1.54, 1.807) is 6.07 Å². The van der Waals surface area contributed by atoms with Crippen LogP contribution in [0.15, 0.2) is 35.5 Å². The normalized spacial score (nSPS) is 12.4. The van der Waals surface area contributed by atoms with Gasteiger partial charge in [-0.15, -0.1) is 0 Å². The first kappa shape index (κ1) is 21.7. The minimum Gasteiger partial charge on any atom is -0.485 e. The zero-order valence-corrected chi connectivity index (χ0v) is 17.6. The number of hydrogen-bond acceptors (Lipinski definition) is 6. The first-order chi connectivity index (χ1) is 12.7. The Labute approximate surface area is 165 Å². The summed E-state index contributed by atoms with van der Waals surface area (Å²) >= 11 is 0. The van der Waals surface area contributed by atoms with Crippen molar-refractivity contribution >= 4 is 10.1 Å². The van der Waals surface area contributed by atoms with Crippen LogP contribution in [0, 0.1) is 11.3 Å². The quantitative estimate of drug-likeness (QED) is 0.749. The van der Waals surface area contributed by atoms with E-state index in [9.17, 15) is 18.2 Å². The van der Waals surface area contributed by atoms with Crippen molar-refractivity contribution in [2.24, 2.45) is 0 Å². The Kier molecular flexibility index (Phi) is 5.74. The van der Waals surface area contributed by atoms with Gasteiger partial charge in [0.1, 0.15) is 23.0 Å². The maximum absolute atomic E-state index is 11.7. The Morgan fingerprint density at radius 3 is 2.14 bits per heavy atom. The van der Waals surface area contributed by atoms with Gasteiger partial charge in [-0.2, -0.15) is 13.7 Å². The maximum atomic E-state index is 11.7. The van der Waals surface area contributed by atoms with Gasteiger partial charge in [-0.25, -0.2) is 0 Å². The van der Waals surface area contributed by atoms with Gasteiger partial charge < -0.3 is 9.47 Å². The molecule has 0 amide bonds. The molecule has 0 radical (unpaired) electrons. The van der Waals surface area contributed by atoms with Crippen molar-refractivity contribution in [2.75, 3.05) is 0 Å². The molecule has 0 saturated carbocycles. The molecule has 2 rings (SSSR count). The largest absolute Gasteiger partial charge is 0.485 e. The van der Waals surface area contributed by atoms with Gasteiger partial charge in [0, 0.05) is 6.07 Å². The summed E-state index contributed by atoms with van der Waals surface area (Å²) in [6, 6.07) is 6.29. The second-order valence-corrected chi connectivity index (χ2v) is 9.78. The molecule has 150 valence electrons. The predicted molar refractivity (Wildman–Crippen MR) is 104 cm³/mol. The number of nitrogens with zero attached hydrogens (tertiary/aromatic N) is 2. The monoisotopic (exact) mass is 404 g/mol. The van der Waals surface area contributed by atoms with E-state index in [1.165, 1.54) is 24.5 Å². The third-order valence-corrected chi connectivity index (χ3v) is 4.51. The van der Waals surface area contributed by atoms with Crippen molar-refractivity contribution < 1.29 is 22.4 Å². The topological polar surface area (TPSA) is 110 Å². The lowest BCUT2D eigenvalue weighted by Gasteiger charge is -2.23. The van der Waals surface area contributed by atoms with Gasteiger partial charge in [-0.1, -0.05) is 20.8 Å². The van der Waals surface area contributed by atoms with Crippen LogP contribution >= 0.6 is 0 Å². The van der Waals surface area contributed by atoms with E-state index >= 15 is 0 Å². The molecule has 0 atom stereocenters. The highest BCUT2D eigenvalue weighted by molar-refractivity contribution is 7.85. The minimum atomic E-state index is -4.43. The molecule has 0 saturated heterocycles. The lowest BCUT2D eigenvalue weighted by molar-refractivity contribution is 0.129. The molecule has 8 heteroatoms. The van der Waals surface area contributed by atoms with Crippen LogP contribution in [0.3, 0.4) is 0 Å². The number of ether oxygens (including phenoxy) is 2. The van der Waals surface area contributed by atoms with Gasteiger partial charge >= 0.3 is 0 Å². The Morgan fingerprint density at radius 2 is 1.64 bits per heavy atom. The first-order valence-corrected chi connectivity index (χ1v) is 10.0. The van der Waals surface area contributed by atoms with E-state index in [0.29, 0.717) is 5.56 Å². The fraction of sp³-hybridized carbons (Fsp3) is 0.400. The average Bonchev–Trinajstić information content (AvgIpc) is 2.51. The summed E-state index contributed by atoms with van der Waals surface area (Å²) in [5, 5.41) is 9.57. The van der Waals surface area contributed by atoms with Crippen molar-refractivity contribution in [1.82, 2.24) is 4.98 Å². The highest BCUT2D eigenvalue weighted by atomic mass is 32.2. The molecule has 1 aromatic carbocycles. The molecule has 0 unspecified atom stereocenters. The van der Waals surface area contributed by atoms with E-state index in [0.717, 1.165) is 0 Å². The van der Waals surface area contributed by atoms with E-state index in [4.69, 9.17) is 9.47 Å². The van der Waals surface area contributed by atoms with Crippen LogP contribution in [0.25, 0.3) is 0 Å². The summed E-state index contributed by atoms with van der Waals surface area (Å²) in [4.78, 5) is 3.76. The second-order valence-electron chi connectivity index (χ2n) is 8.36. The highest BCUT2D eigenvalue weighted by Crippen LogP contribution is 2.35. The number of rotatable bonds is 4. The summed E-state index contributed by atoms with van der Waals surface area (Å²) in [5.74, 6) is 0.539. The molecule has 0 bridgehead atoms. The molecule has 2 aromatic rings. The standard InChI is InChI=1S/C20H24N2O5S/c1-19(2,3)13-7-14(9-15(8-13)28(23,24)25)26-17-11-22-12-18(16(17)10-21)27-20(4,5)6/h7-9,11-12H,1-6H3,(H,23,24,25). The average molecular weight is 404 g/mol. The zero-order chi connectivity index (χ0) is 21.3. The molecule has 0 fully saturated rings. The number of hydrogen-bond donors (Lipinski definition) is 1. The van der Waals surface area contributed by atoms with Crippen LogP contribution in [0.1, 0.15) is 52.7 Å². The molecule has 7 nitrogen and oxygen atoms in total. The van der Waals surface area contributed by atoms with Crippen molar-refractivity contribution in [3.63, 3.8) is 0 Å². The molecule has 0 aliphatic heterocycles. The molecular weight excluding hydrogens is 380 g/mol. The fourth-order valence-corrected chi connectivity index (χ4v) is 2.90. The summed E-state index contributed by atoms with van der Waals surface area (Å²) in [6.45, 7) is 11.2. The smallest absolute Gasteiger partial charge is 0.294 e. The van der Waals surface area contributed by atoms with Crippen LogP contribution in [-0.4, -0.2) is 23.6 Å². The van der Waals surface area contributed by atoms with Crippen LogP contribution in [0.4, 0.5) is 0 Å². The predicted octanol–water partition coefficient (Wildman–Crippen LogP) is 4.47. The van der Waals surface area contributed by atoms with Gasteiger partial charge in [-0.05, 0) is 43.9 Å². The molecule has 0 spiro atoms. The Morgan fingerprint density at radius 1 is 1.04 bits per heavy atom. The van der Waals surface area contributed by atoms with Crippen LogP contribution < -0.4 is 9.47 Å². The van der Waals surface area contributed by atoms with Gasteiger partial charge in [0.05, 0.1) is 17.3 Å². The number of benzene rings is 1. The molecular formula is C20H24N2O5S. The summed E-state index contributed by atoms with van der Waals surface area (Å²) in [6.07, 6.45) is 2.77. The Bertz CT molecular complexity index is 1030. The van der Waals surface area contributed by atoms with E-state index < -0.39 is 21.1 Å². The third kappa shape index (κ3) is 5.44. The van der Waals surface area contributed by atoms with Crippen molar-refractivity contribution in [3.05, 3.63) is 41.7 Å². The molecule has 28 heavy (non-hydrogen) atoms. The number of aromatic nitrogens is 1. The minimum absolute atomic E-state index is 0.122. The third-order valence-electron chi connectivity index (χ3n) is 3.68. The lowest BCUT2D eigenvalue weighted by Crippen LogP contribution is -2.23. The van der Waals surface area contributed by atoms with Crippen LogP contribution in [0.2, 0.25) is 0 Å².